The molecule has 7 rings (SSSR count). The number of aryl methyl sites for hydroxylation is 1. The van der Waals surface area contributed by atoms with Gasteiger partial charge in [0.15, 0.2) is 5.82 Å². The number of anilines is 1. The number of aromatic amines is 1. The van der Waals surface area contributed by atoms with Crippen LogP contribution in [0.15, 0.2) is 37.1 Å². The number of hydrogen-bond acceptors (Lipinski definition) is 7. The fraction of sp³-hybridized carbons (Fsp3) is 0.419. The first-order chi connectivity index (χ1) is 20.4. The first kappa shape index (κ1) is 27.1. The van der Waals surface area contributed by atoms with Crippen LogP contribution in [-0.2, 0) is 4.79 Å². The number of carbonyl (C=O) groups is 1. The van der Waals surface area contributed by atoms with Crippen molar-refractivity contribution >= 4 is 45.1 Å². The summed E-state index contributed by atoms with van der Waals surface area (Å²) >= 11 is 6.87. The number of halogens is 2. The predicted octanol–water partition coefficient (Wildman–Crippen LogP) is 5.11. The van der Waals surface area contributed by atoms with E-state index in [-0.39, 0.29) is 34.1 Å². The second-order valence-electron chi connectivity index (χ2n) is 11.5. The highest BCUT2D eigenvalue weighted by atomic mass is 35.5. The maximum absolute atomic E-state index is 16.7. The van der Waals surface area contributed by atoms with Gasteiger partial charge in [0.05, 0.1) is 16.7 Å². The summed E-state index contributed by atoms with van der Waals surface area (Å²) in [5.41, 5.74) is 2.79. The summed E-state index contributed by atoms with van der Waals surface area (Å²) in [6.07, 6.45) is 7.31. The number of amides is 1. The lowest BCUT2D eigenvalue weighted by atomic mass is 9.95. The van der Waals surface area contributed by atoms with Crippen molar-refractivity contribution in [1.82, 2.24) is 30.0 Å². The number of piperazine rings is 1. The summed E-state index contributed by atoms with van der Waals surface area (Å²) in [6, 6.07) is 6.49. The van der Waals surface area contributed by atoms with Crippen LogP contribution >= 0.6 is 11.6 Å². The molecule has 0 radical (unpaired) electrons. The molecule has 0 unspecified atom stereocenters. The van der Waals surface area contributed by atoms with Gasteiger partial charge in [-0.25, -0.2) is 4.39 Å². The molecule has 2 aliphatic heterocycles. The number of likely N-dealkylation sites (tertiary alicyclic amines) is 1. The third kappa shape index (κ3) is 4.86. The normalized spacial score (nSPS) is 18.6. The highest BCUT2D eigenvalue weighted by Crippen LogP contribution is 2.42. The van der Waals surface area contributed by atoms with Crippen molar-refractivity contribution in [3.8, 4) is 17.1 Å². The fourth-order valence-corrected chi connectivity index (χ4v) is 6.64. The van der Waals surface area contributed by atoms with E-state index in [4.69, 9.17) is 21.3 Å². The number of nitrogens with one attached hydrogen (secondary N) is 1. The van der Waals surface area contributed by atoms with E-state index in [1.807, 2.05) is 19.1 Å². The molecule has 0 bridgehead atoms. The Bertz CT molecular complexity index is 1690. The summed E-state index contributed by atoms with van der Waals surface area (Å²) in [7, 11) is 0. The molecule has 218 valence electrons. The van der Waals surface area contributed by atoms with E-state index in [0.717, 1.165) is 48.4 Å². The van der Waals surface area contributed by atoms with Gasteiger partial charge in [-0.05, 0) is 56.4 Å². The molecule has 3 aliphatic rings. The average Bonchev–Trinajstić information content (AvgIpc) is 3.75. The van der Waals surface area contributed by atoms with E-state index >= 15 is 4.39 Å². The van der Waals surface area contributed by atoms with E-state index in [2.05, 4.69) is 31.6 Å². The summed E-state index contributed by atoms with van der Waals surface area (Å²) in [4.78, 5) is 28.0. The van der Waals surface area contributed by atoms with Crippen LogP contribution in [0.2, 0.25) is 5.02 Å². The van der Waals surface area contributed by atoms with E-state index in [9.17, 15) is 4.79 Å². The number of fused-ring (bicyclic) bond motifs is 2. The van der Waals surface area contributed by atoms with Gasteiger partial charge in [-0.2, -0.15) is 15.1 Å². The molecule has 0 spiro atoms. The predicted molar refractivity (Wildman–Crippen MR) is 162 cm³/mol. The van der Waals surface area contributed by atoms with E-state index in [0.29, 0.717) is 42.9 Å². The first-order valence-corrected chi connectivity index (χ1v) is 15.0. The van der Waals surface area contributed by atoms with E-state index in [1.165, 1.54) is 18.9 Å². The monoisotopic (exact) mass is 589 g/mol. The van der Waals surface area contributed by atoms with Crippen LogP contribution in [0.1, 0.15) is 31.2 Å². The number of H-pyrrole nitrogens is 1. The SMILES string of the molecule is C=CC(=O)N1CCN(c2nc(OC3CCN(C4CC4)CC3)nc3c(F)c(-c4c(C)ccc5[nH]ncc45)c(Cl)cc23)CC1. The van der Waals surface area contributed by atoms with Crippen molar-refractivity contribution in [2.24, 2.45) is 0 Å². The van der Waals surface area contributed by atoms with E-state index in [1.54, 1.807) is 17.2 Å². The Kier molecular flexibility index (Phi) is 6.98. The quantitative estimate of drug-likeness (QED) is 0.312. The first-order valence-electron chi connectivity index (χ1n) is 14.6. The molecule has 9 nitrogen and oxygen atoms in total. The van der Waals surface area contributed by atoms with E-state index < -0.39 is 5.82 Å². The molecule has 4 aromatic rings. The number of piperidine rings is 1. The summed E-state index contributed by atoms with van der Waals surface area (Å²) in [5, 5.41) is 8.70. The zero-order valence-corrected chi connectivity index (χ0v) is 24.3. The van der Waals surface area contributed by atoms with Gasteiger partial charge in [0.2, 0.25) is 5.91 Å². The Labute approximate surface area is 248 Å². The van der Waals surface area contributed by atoms with Crippen LogP contribution in [0.3, 0.4) is 0 Å². The number of hydrogen-bond donors (Lipinski definition) is 1. The van der Waals surface area contributed by atoms with Crippen molar-refractivity contribution in [2.75, 3.05) is 44.2 Å². The molecule has 1 N–H and O–H groups in total. The van der Waals surface area contributed by atoms with Crippen molar-refractivity contribution in [2.45, 2.75) is 44.8 Å². The molecule has 4 heterocycles. The largest absolute Gasteiger partial charge is 0.460 e. The number of benzene rings is 2. The van der Waals surface area contributed by atoms with Crippen LogP contribution in [0.4, 0.5) is 10.2 Å². The van der Waals surface area contributed by atoms with Crippen LogP contribution in [-0.4, -0.2) is 87.3 Å². The standard InChI is InChI=1S/C31H33ClFN7O2/c1-3-25(41)39-12-14-40(15-13-39)30-21-16-23(32)27(26-18(2)4-7-24-22(26)17-34-37-24)28(33)29(21)35-31(36-30)42-20-8-10-38(11-9-20)19-5-6-19/h3-4,7,16-17,19-20H,1,5-6,8-15H2,2H3,(H,34,37). The Morgan fingerprint density at radius 2 is 1.83 bits per heavy atom. The fourth-order valence-electron chi connectivity index (χ4n) is 6.36. The van der Waals surface area contributed by atoms with Gasteiger partial charge in [-0.3, -0.25) is 9.89 Å². The molecule has 2 saturated heterocycles. The van der Waals surface area contributed by atoms with Crippen LogP contribution in [0.5, 0.6) is 6.01 Å². The molecule has 11 heteroatoms. The molecule has 1 saturated carbocycles. The van der Waals surface area contributed by atoms with Gasteiger partial charge in [-0.1, -0.05) is 24.2 Å². The van der Waals surface area contributed by atoms with Crippen molar-refractivity contribution in [3.05, 3.63) is 53.5 Å². The van der Waals surface area contributed by atoms with Gasteiger partial charge < -0.3 is 19.4 Å². The van der Waals surface area contributed by atoms with Gasteiger partial charge in [0.1, 0.15) is 17.4 Å². The van der Waals surface area contributed by atoms with Gasteiger partial charge in [0, 0.05) is 67.2 Å². The lowest BCUT2D eigenvalue weighted by Crippen LogP contribution is -2.48. The third-order valence-electron chi connectivity index (χ3n) is 8.80. The minimum absolute atomic E-state index is 0.0379. The Balaban J connectivity index is 1.31. The topological polar surface area (TPSA) is 90.5 Å². The highest BCUT2D eigenvalue weighted by Gasteiger charge is 2.33. The van der Waals surface area contributed by atoms with Crippen LogP contribution in [0, 0.1) is 12.7 Å². The zero-order valence-electron chi connectivity index (χ0n) is 23.6. The van der Waals surface area contributed by atoms with Crippen molar-refractivity contribution in [3.63, 3.8) is 0 Å². The molecule has 1 amide bonds. The molecule has 1 aliphatic carbocycles. The Hall–Kier alpha value is -3.76. The van der Waals surface area contributed by atoms with Gasteiger partial charge >= 0.3 is 6.01 Å². The zero-order chi connectivity index (χ0) is 29.0. The van der Waals surface area contributed by atoms with Crippen molar-refractivity contribution < 1.29 is 13.9 Å². The number of ether oxygens (including phenoxy) is 1. The maximum atomic E-state index is 16.7. The average molecular weight is 590 g/mol. The molecule has 42 heavy (non-hydrogen) atoms. The lowest BCUT2D eigenvalue weighted by molar-refractivity contribution is -0.126. The lowest BCUT2D eigenvalue weighted by Gasteiger charge is -2.35. The number of carbonyl (C=O) groups excluding carboxylic acids is 1. The van der Waals surface area contributed by atoms with Gasteiger partial charge in [0.25, 0.3) is 0 Å². The van der Waals surface area contributed by atoms with Gasteiger partial charge in [-0.15, -0.1) is 0 Å². The smallest absolute Gasteiger partial charge is 0.319 e. The summed E-state index contributed by atoms with van der Waals surface area (Å²) < 4.78 is 23.1. The molecule has 3 fully saturated rings. The second kappa shape index (κ2) is 10.8. The molecule has 2 aromatic carbocycles. The number of rotatable bonds is 6. The molecular weight excluding hydrogens is 557 g/mol. The second-order valence-corrected chi connectivity index (χ2v) is 11.9. The number of nitrogens with zero attached hydrogens (tertiary/aromatic N) is 6. The van der Waals surface area contributed by atoms with Crippen LogP contribution < -0.4 is 9.64 Å². The minimum atomic E-state index is -0.521. The minimum Gasteiger partial charge on any atom is -0.460 e. The third-order valence-corrected chi connectivity index (χ3v) is 9.10. The molecular formula is C31H33ClFN7O2. The Morgan fingerprint density at radius 1 is 1.07 bits per heavy atom. The van der Waals surface area contributed by atoms with Crippen LogP contribution in [0.25, 0.3) is 32.9 Å². The molecule has 2 aromatic heterocycles. The maximum Gasteiger partial charge on any atom is 0.319 e. The highest BCUT2D eigenvalue weighted by molar-refractivity contribution is 6.35. The molecule has 0 atom stereocenters. The summed E-state index contributed by atoms with van der Waals surface area (Å²) in [6.45, 7) is 9.56. The number of aromatic nitrogens is 4. The summed E-state index contributed by atoms with van der Waals surface area (Å²) in [5.74, 6) is -0.0696. The Morgan fingerprint density at radius 3 is 2.55 bits per heavy atom. The van der Waals surface area contributed by atoms with Crippen molar-refractivity contribution in [1.29, 1.82) is 0 Å².